The van der Waals surface area contributed by atoms with Gasteiger partial charge in [0.2, 0.25) is 5.91 Å². The summed E-state index contributed by atoms with van der Waals surface area (Å²) >= 11 is 0. The monoisotopic (exact) mass is 278 g/mol. The van der Waals surface area contributed by atoms with Gasteiger partial charge < -0.3 is 21.0 Å². The average Bonchev–Trinajstić information content (AvgIpc) is 2.38. The van der Waals surface area contributed by atoms with Gasteiger partial charge >= 0.3 is 5.97 Å². The first-order chi connectivity index (χ1) is 9.25. The molecule has 1 aromatic carbocycles. The van der Waals surface area contributed by atoms with E-state index in [0.29, 0.717) is 11.8 Å². The van der Waals surface area contributed by atoms with Crippen molar-refractivity contribution in [2.24, 2.45) is 5.73 Å². The minimum absolute atomic E-state index is 0.142. The van der Waals surface area contributed by atoms with Gasteiger partial charge in [0.25, 0.3) is 0 Å². The quantitative estimate of drug-likeness (QED) is 0.650. The maximum absolute atomic E-state index is 11.8. The van der Waals surface area contributed by atoms with Gasteiger partial charge in [0.1, 0.15) is 6.29 Å². The van der Waals surface area contributed by atoms with E-state index in [1.807, 2.05) is 0 Å². The van der Waals surface area contributed by atoms with Crippen LogP contribution in [0.15, 0.2) is 24.3 Å². The van der Waals surface area contributed by atoms with Crippen molar-refractivity contribution in [3.05, 3.63) is 35.4 Å². The molecule has 20 heavy (non-hydrogen) atoms. The van der Waals surface area contributed by atoms with Gasteiger partial charge in [-0.15, -0.1) is 0 Å². The number of carbonyl (C=O) groups is 3. The van der Waals surface area contributed by atoms with Gasteiger partial charge in [-0.1, -0.05) is 12.1 Å². The van der Waals surface area contributed by atoms with Gasteiger partial charge in [-0.2, -0.15) is 0 Å². The van der Waals surface area contributed by atoms with E-state index >= 15 is 0 Å². The molecule has 0 aliphatic rings. The first-order valence-corrected chi connectivity index (χ1v) is 6.11. The van der Waals surface area contributed by atoms with E-state index in [-0.39, 0.29) is 12.0 Å². The molecule has 0 saturated heterocycles. The molecule has 6 heteroatoms. The molecule has 4 N–H and O–H groups in total. The second-order valence-electron chi connectivity index (χ2n) is 5.14. The van der Waals surface area contributed by atoms with E-state index in [2.05, 4.69) is 5.32 Å². The van der Waals surface area contributed by atoms with Crippen LogP contribution in [0, 0.1) is 0 Å². The molecule has 0 aliphatic carbocycles. The molecule has 1 atom stereocenters. The summed E-state index contributed by atoms with van der Waals surface area (Å²) in [5.74, 6) is -1.49. The van der Waals surface area contributed by atoms with E-state index < -0.39 is 23.5 Å². The summed E-state index contributed by atoms with van der Waals surface area (Å²) in [5, 5.41) is 11.4. The maximum Gasteiger partial charge on any atom is 0.335 e. The van der Waals surface area contributed by atoms with Gasteiger partial charge in [-0.05, 0) is 38.0 Å². The zero-order valence-electron chi connectivity index (χ0n) is 11.4. The van der Waals surface area contributed by atoms with Gasteiger partial charge in [-0.3, -0.25) is 4.79 Å². The van der Waals surface area contributed by atoms with Crippen LogP contribution in [0.3, 0.4) is 0 Å². The summed E-state index contributed by atoms with van der Waals surface area (Å²) in [5.41, 5.74) is 5.58. The van der Waals surface area contributed by atoms with E-state index in [1.165, 1.54) is 12.1 Å². The van der Waals surface area contributed by atoms with Crippen molar-refractivity contribution in [1.82, 2.24) is 5.32 Å². The highest BCUT2D eigenvalue weighted by atomic mass is 16.4. The van der Waals surface area contributed by atoms with Crippen molar-refractivity contribution in [3.8, 4) is 0 Å². The highest BCUT2D eigenvalue weighted by Crippen LogP contribution is 2.08. The summed E-state index contributed by atoms with van der Waals surface area (Å²) in [4.78, 5) is 33.4. The predicted octanol–water partition coefficient (Wildman–Crippen LogP) is 0.348. The van der Waals surface area contributed by atoms with Crippen LogP contribution < -0.4 is 11.1 Å². The summed E-state index contributed by atoms with van der Waals surface area (Å²) in [6, 6.07) is 5.38. The Hall–Kier alpha value is -2.21. The highest BCUT2D eigenvalue weighted by molar-refractivity contribution is 5.88. The fraction of sp³-hybridized carbons (Fsp3) is 0.357. The number of nitrogens with one attached hydrogen (secondary N) is 1. The Kier molecular flexibility index (Phi) is 4.99. The molecule has 1 rings (SSSR count). The van der Waals surface area contributed by atoms with E-state index in [4.69, 9.17) is 10.8 Å². The fourth-order valence-electron chi connectivity index (χ4n) is 1.62. The second kappa shape index (κ2) is 6.29. The van der Waals surface area contributed by atoms with Crippen LogP contribution in [-0.4, -0.2) is 34.8 Å². The Morgan fingerprint density at radius 1 is 1.45 bits per heavy atom. The fourth-order valence-corrected chi connectivity index (χ4v) is 1.62. The van der Waals surface area contributed by atoms with E-state index in [0.717, 1.165) is 0 Å². The molecule has 108 valence electrons. The smallest absolute Gasteiger partial charge is 0.335 e. The Morgan fingerprint density at radius 3 is 2.65 bits per heavy atom. The maximum atomic E-state index is 11.8. The molecule has 0 aliphatic heterocycles. The lowest BCUT2D eigenvalue weighted by Gasteiger charge is -2.21. The van der Waals surface area contributed by atoms with E-state index in [9.17, 15) is 14.4 Å². The topological polar surface area (TPSA) is 109 Å². The lowest BCUT2D eigenvalue weighted by Crippen LogP contribution is -2.52. The molecule has 6 nitrogen and oxygen atoms in total. The Bertz CT molecular complexity index is 526. The summed E-state index contributed by atoms with van der Waals surface area (Å²) < 4.78 is 0. The van der Waals surface area contributed by atoms with Crippen LogP contribution in [-0.2, 0) is 16.0 Å². The SMILES string of the molecule is CC(C)(C=O)NC(=O)C(N)Cc1cccc(C(=O)O)c1. The van der Waals surface area contributed by atoms with E-state index in [1.54, 1.807) is 26.0 Å². The lowest BCUT2D eigenvalue weighted by atomic mass is 10.0. The van der Waals surface area contributed by atoms with Crippen LogP contribution in [0.25, 0.3) is 0 Å². The molecule has 0 aromatic heterocycles. The van der Waals surface area contributed by atoms with Crippen LogP contribution in [0.4, 0.5) is 0 Å². The van der Waals surface area contributed by atoms with Gasteiger partial charge in [0.05, 0.1) is 17.1 Å². The number of aromatic carboxylic acids is 1. The van der Waals surface area contributed by atoms with Crippen LogP contribution >= 0.6 is 0 Å². The molecular weight excluding hydrogens is 260 g/mol. The number of carboxylic acids is 1. The molecule has 1 aromatic rings. The van der Waals surface area contributed by atoms with Crippen LogP contribution in [0.1, 0.15) is 29.8 Å². The molecule has 0 radical (unpaired) electrons. The zero-order valence-corrected chi connectivity index (χ0v) is 11.4. The molecule has 1 unspecified atom stereocenters. The van der Waals surface area contributed by atoms with Crippen LogP contribution in [0.2, 0.25) is 0 Å². The first-order valence-electron chi connectivity index (χ1n) is 6.11. The Morgan fingerprint density at radius 2 is 2.10 bits per heavy atom. The van der Waals surface area contributed by atoms with Gasteiger partial charge in [0, 0.05) is 0 Å². The highest BCUT2D eigenvalue weighted by Gasteiger charge is 2.23. The zero-order chi connectivity index (χ0) is 15.3. The van der Waals surface area contributed by atoms with Crippen molar-refractivity contribution in [2.45, 2.75) is 31.8 Å². The lowest BCUT2D eigenvalue weighted by molar-refractivity contribution is -0.126. The number of carbonyl (C=O) groups excluding carboxylic acids is 2. The summed E-state index contributed by atoms with van der Waals surface area (Å²) in [7, 11) is 0. The number of hydrogen-bond acceptors (Lipinski definition) is 4. The molecule has 0 bridgehead atoms. The van der Waals surface area contributed by atoms with Gasteiger partial charge in [0.15, 0.2) is 0 Å². The number of carboxylic acid groups (broad SMARTS) is 1. The minimum Gasteiger partial charge on any atom is -0.478 e. The molecule has 0 saturated carbocycles. The Labute approximate surface area is 117 Å². The molecular formula is C14H18N2O4. The third-order valence-electron chi connectivity index (χ3n) is 2.71. The standard InChI is InChI=1S/C14H18N2O4/c1-14(2,8-17)16-12(18)11(15)7-9-4-3-5-10(6-9)13(19)20/h3-6,8,11H,7,15H2,1-2H3,(H,16,18)(H,19,20). The number of nitrogens with two attached hydrogens (primary N) is 1. The number of aldehydes is 1. The van der Waals surface area contributed by atoms with Crippen molar-refractivity contribution < 1.29 is 19.5 Å². The second-order valence-corrected chi connectivity index (χ2v) is 5.14. The summed E-state index contributed by atoms with van der Waals surface area (Å²) in [6.07, 6.45) is 0.824. The predicted molar refractivity (Wildman–Crippen MR) is 73.4 cm³/mol. The number of rotatable bonds is 6. The Balaban J connectivity index is 2.73. The number of benzene rings is 1. The number of hydrogen-bond donors (Lipinski definition) is 3. The molecule has 0 spiro atoms. The average molecular weight is 278 g/mol. The van der Waals surface area contributed by atoms with Crippen molar-refractivity contribution in [2.75, 3.05) is 0 Å². The largest absolute Gasteiger partial charge is 0.478 e. The normalized spacial score (nSPS) is 12.6. The van der Waals surface area contributed by atoms with Crippen molar-refractivity contribution in [1.29, 1.82) is 0 Å². The number of amides is 1. The molecule has 0 heterocycles. The minimum atomic E-state index is -1.04. The molecule has 1 amide bonds. The molecule has 0 fully saturated rings. The first kappa shape index (κ1) is 15.8. The van der Waals surface area contributed by atoms with Crippen molar-refractivity contribution in [3.63, 3.8) is 0 Å². The van der Waals surface area contributed by atoms with Crippen molar-refractivity contribution >= 4 is 18.2 Å². The third-order valence-corrected chi connectivity index (χ3v) is 2.71. The van der Waals surface area contributed by atoms with Crippen LogP contribution in [0.5, 0.6) is 0 Å². The van der Waals surface area contributed by atoms with Gasteiger partial charge in [-0.25, -0.2) is 4.79 Å². The third kappa shape index (κ3) is 4.47. The summed E-state index contributed by atoms with van der Waals surface area (Å²) in [6.45, 7) is 3.13.